The molecule has 2 amide bonds. The highest BCUT2D eigenvalue weighted by Crippen LogP contribution is 2.27. The van der Waals surface area contributed by atoms with Crippen LogP contribution in [0.4, 0.5) is 5.69 Å². The van der Waals surface area contributed by atoms with Gasteiger partial charge in [-0.2, -0.15) is 0 Å². The van der Waals surface area contributed by atoms with Crippen molar-refractivity contribution in [2.75, 3.05) is 19.0 Å². The molecule has 0 aromatic heterocycles. The fourth-order valence-corrected chi connectivity index (χ4v) is 2.60. The second-order valence-electron chi connectivity index (χ2n) is 5.62. The van der Waals surface area contributed by atoms with Gasteiger partial charge in [-0.05, 0) is 30.9 Å². The highest BCUT2D eigenvalue weighted by molar-refractivity contribution is 5.96. The van der Waals surface area contributed by atoms with E-state index in [0.29, 0.717) is 38.6 Å². The van der Waals surface area contributed by atoms with Crippen LogP contribution in [-0.2, 0) is 25.5 Å². The average molecular weight is 318 g/mol. The molecular weight excluding hydrogens is 296 g/mol. The first-order chi connectivity index (χ1) is 11.1. The monoisotopic (exact) mass is 318 g/mol. The molecule has 0 aliphatic carbocycles. The van der Waals surface area contributed by atoms with E-state index in [-0.39, 0.29) is 23.7 Å². The number of rotatable bonds is 7. The van der Waals surface area contributed by atoms with E-state index in [1.54, 1.807) is 0 Å². The van der Waals surface area contributed by atoms with Gasteiger partial charge >= 0.3 is 5.97 Å². The first kappa shape index (κ1) is 17.0. The molecule has 1 aliphatic heterocycles. The van der Waals surface area contributed by atoms with Crippen molar-refractivity contribution >= 4 is 23.5 Å². The molecule has 1 aromatic carbocycles. The fourth-order valence-electron chi connectivity index (χ4n) is 2.60. The van der Waals surface area contributed by atoms with Gasteiger partial charge in [-0.1, -0.05) is 18.2 Å². The summed E-state index contributed by atoms with van der Waals surface area (Å²) < 4.78 is 4.53. The lowest BCUT2D eigenvalue weighted by molar-refractivity contribution is -0.140. The first-order valence-electron chi connectivity index (χ1n) is 7.82. The summed E-state index contributed by atoms with van der Waals surface area (Å²) in [6, 6.07) is 7.72. The number of para-hydroxylation sites is 1. The van der Waals surface area contributed by atoms with Crippen LogP contribution < -0.4 is 10.6 Å². The number of fused-ring (bicyclic) bond motifs is 1. The van der Waals surface area contributed by atoms with Crippen molar-refractivity contribution in [1.82, 2.24) is 5.32 Å². The maximum absolute atomic E-state index is 12.0. The molecule has 124 valence electrons. The number of methoxy groups -OCH3 is 1. The van der Waals surface area contributed by atoms with Gasteiger partial charge in [0.2, 0.25) is 11.8 Å². The Bertz CT molecular complexity index is 586. The Hall–Kier alpha value is -2.37. The number of carbonyl (C=O) groups excluding carboxylic acids is 3. The molecule has 1 atom stereocenters. The SMILES string of the molecule is COC(=O)CCCNC(=O)CCC1Cc2ccccc2NC1=O. The van der Waals surface area contributed by atoms with Crippen molar-refractivity contribution in [3.63, 3.8) is 0 Å². The van der Waals surface area contributed by atoms with E-state index in [0.717, 1.165) is 11.3 Å². The lowest BCUT2D eigenvalue weighted by Crippen LogP contribution is -2.32. The molecule has 6 nitrogen and oxygen atoms in total. The molecule has 2 N–H and O–H groups in total. The minimum absolute atomic E-state index is 0.0257. The Morgan fingerprint density at radius 1 is 1.30 bits per heavy atom. The van der Waals surface area contributed by atoms with E-state index in [4.69, 9.17) is 0 Å². The number of esters is 1. The Labute approximate surface area is 135 Å². The third-order valence-electron chi connectivity index (χ3n) is 3.94. The molecule has 2 rings (SSSR count). The van der Waals surface area contributed by atoms with Gasteiger partial charge in [0.25, 0.3) is 0 Å². The van der Waals surface area contributed by atoms with Gasteiger partial charge in [-0.15, -0.1) is 0 Å². The summed E-state index contributed by atoms with van der Waals surface area (Å²) in [5.41, 5.74) is 1.97. The maximum Gasteiger partial charge on any atom is 0.305 e. The predicted molar refractivity (Wildman–Crippen MR) is 85.8 cm³/mol. The second-order valence-corrected chi connectivity index (χ2v) is 5.62. The van der Waals surface area contributed by atoms with E-state index < -0.39 is 0 Å². The van der Waals surface area contributed by atoms with Crippen molar-refractivity contribution in [1.29, 1.82) is 0 Å². The van der Waals surface area contributed by atoms with E-state index in [1.807, 2.05) is 24.3 Å². The van der Waals surface area contributed by atoms with Gasteiger partial charge in [0, 0.05) is 31.0 Å². The van der Waals surface area contributed by atoms with Crippen LogP contribution in [0.2, 0.25) is 0 Å². The molecule has 23 heavy (non-hydrogen) atoms. The molecule has 0 radical (unpaired) electrons. The van der Waals surface area contributed by atoms with E-state index >= 15 is 0 Å². The summed E-state index contributed by atoms with van der Waals surface area (Å²) >= 11 is 0. The molecule has 0 spiro atoms. The Morgan fingerprint density at radius 2 is 2.09 bits per heavy atom. The molecule has 1 heterocycles. The van der Waals surface area contributed by atoms with Gasteiger partial charge in [0.05, 0.1) is 7.11 Å². The van der Waals surface area contributed by atoms with Crippen molar-refractivity contribution in [2.45, 2.75) is 32.1 Å². The maximum atomic E-state index is 12.0. The molecule has 0 fully saturated rings. The Balaban J connectivity index is 1.70. The number of hydrogen-bond acceptors (Lipinski definition) is 4. The highest BCUT2D eigenvalue weighted by atomic mass is 16.5. The largest absolute Gasteiger partial charge is 0.469 e. The lowest BCUT2D eigenvalue weighted by Gasteiger charge is -2.24. The summed E-state index contributed by atoms with van der Waals surface area (Å²) in [6.45, 7) is 0.438. The van der Waals surface area contributed by atoms with Crippen LogP contribution >= 0.6 is 0 Å². The van der Waals surface area contributed by atoms with Gasteiger partial charge in [-0.25, -0.2) is 0 Å². The highest BCUT2D eigenvalue weighted by Gasteiger charge is 2.26. The first-order valence-corrected chi connectivity index (χ1v) is 7.82. The smallest absolute Gasteiger partial charge is 0.305 e. The summed E-state index contributed by atoms with van der Waals surface area (Å²) in [4.78, 5) is 34.8. The Kier molecular flexibility index (Phi) is 6.14. The zero-order valence-electron chi connectivity index (χ0n) is 13.3. The minimum atomic E-state index is -0.281. The van der Waals surface area contributed by atoms with Crippen LogP contribution in [0.5, 0.6) is 0 Å². The fraction of sp³-hybridized carbons (Fsp3) is 0.471. The van der Waals surface area contributed by atoms with Crippen LogP contribution in [0.15, 0.2) is 24.3 Å². The Morgan fingerprint density at radius 3 is 2.87 bits per heavy atom. The van der Waals surface area contributed by atoms with Gasteiger partial charge in [0.1, 0.15) is 0 Å². The molecule has 0 saturated heterocycles. The van der Waals surface area contributed by atoms with E-state index in [1.165, 1.54) is 7.11 Å². The number of carbonyl (C=O) groups is 3. The summed E-state index contributed by atoms with van der Waals surface area (Å²) in [7, 11) is 1.34. The molecule has 0 bridgehead atoms. The average Bonchev–Trinajstić information content (AvgIpc) is 2.56. The van der Waals surface area contributed by atoms with Gasteiger partial charge in [-0.3, -0.25) is 14.4 Å². The van der Waals surface area contributed by atoms with Crippen molar-refractivity contribution in [3.05, 3.63) is 29.8 Å². The normalized spacial score (nSPS) is 16.2. The van der Waals surface area contributed by atoms with Gasteiger partial charge < -0.3 is 15.4 Å². The number of benzene rings is 1. The third kappa shape index (κ3) is 5.09. The summed E-state index contributed by atoms with van der Waals surface area (Å²) in [5.74, 6) is -0.578. The van der Waals surface area contributed by atoms with Crippen LogP contribution in [0.3, 0.4) is 0 Å². The molecule has 1 aromatic rings. The molecule has 6 heteroatoms. The number of ether oxygens (including phenoxy) is 1. The summed E-state index contributed by atoms with van der Waals surface area (Å²) in [5, 5.41) is 5.64. The number of amides is 2. The minimum Gasteiger partial charge on any atom is -0.469 e. The van der Waals surface area contributed by atoms with E-state index in [2.05, 4.69) is 15.4 Å². The number of anilines is 1. The van der Waals surface area contributed by atoms with Crippen LogP contribution in [0, 0.1) is 5.92 Å². The molecule has 1 unspecified atom stereocenters. The zero-order chi connectivity index (χ0) is 16.7. The van der Waals surface area contributed by atoms with E-state index in [9.17, 15) is 14.4 Å². The van der Waals surface area contributed by atoms with Crippen LogP contribution in [0.1, 0.15) is 31.2 Å². The van der Waals surface area contributed by atoms with Crippen LogP contribution in [-0.4, -0.2) is 31.4 Å². The van der Waals surface area contributed by atoms with Gasteiger partial charge in [0.15, 0.2) is 0 Å². The standard InChI is InChI=1S/C17H22N2O4/c1-23-16(21)7-4-10-18-15(20)9-8-13-11-12-5-2-3-6-14(12)19-17(13)22/h2-3,5-6,13H,4,7-11H2,1H3,(H,18,20)(H,19,22). The zero-order valence-corrected chi connectivity index (χ0v) is 13.3. The quantitative estimate of drug-likeness (QED) is 0.591. The van der Waals surface area contributed by atoms with Crippen molar-refractivity contribution < 1.29 is 19.1 Å². The van der Waals surface area contributed by atoms with Crippen molar-refractivity contribution in [3.8, 4) is 0 Å². The molecule has 1 aliphatic rings. The summed E-state index contributed by atoms with van der Waals surface area (Å²) in [6.07, 6.45) is 2.33. The topological polar surface area (TPSA) is 84.5 Å². The lowest BCUT2D eigenvalue weighted by atomic mass is 9.89. The number of nitrogens with one attached hydrogen (secondary N) is 2. The number of hydrogen-bond donors (Lipinski definition) is 2. The third-order valence-corrected chi connectivity index (χ3v) is 3.94. The molecular formula is C17H22N2O4. The second kappa shape index (κ2) is 8.31. The van der Waals surface area contributed by atoms with Crippen molar-refractivity contribution in [2.24, 2.45) is 5.92 Å². The molecule has 0 saturated carbocycles. The predicted octanol–water partition coefficient (Wildman–Crippen LogP) is 1.65. The van der Waals surface area contributed by atoms with Crippen LogP contribution in [0.25, 0.3) is 0 Å².